The van der Waals surface area contributed by atoms with Gasteiger partial charge in [0.05, 0.1) is 0 Å². The van der Waals surface area contributed by atoms with Gasteiger partial charge in [-0.2, -0.15) is 0 Å². The van der Waals surface area contributed by atoms with Gasteiger partial charge in [-0.15, -0.1) is 0 Å². The number of nitrogens with zero attached hydrogens (tertiary/aromatic N) is 1. The van der Waals surface area contributed by atoms with E-state index in [1.807, 2.05) is 30.3 Å². The Morgan fingerprint density at radius 2 is 2.17 bits per heavy atom. The maximum absolute atomic E-state index is 11.6. The summed E-state index contributed by atoms with van der Waals surface area (Å²) in [5.74, 6) is -0.151. The Labute approximate surface area is 106 Å². The van der Waals surface area contributed by atoms with Crippen molar-refractivity contribution in [1.29, 1.82) is 0 Å². The average Bonchev–Trinajstić information content (AvgIpc) is 2.42. The third kappa shape index (κ3) is 3.07. The Morgan fingerprint density at radius 1 is 1.39 bits per heavy atom. The SMILES string of the molecule is O=CN(OCc1ccccc1)[C@H]1CCCNC1=O. The van der Waals surface area contributed by atoms with Crippen LogP contribution in [0.1, 0.15) is 18.4 Å². The largest absolute Gasteiger partial charge is 0.354 e. The first kappa shape index (κ1) is 12.6. The van der Waals surface area contributed by atoms with E-state index in [-0.39, 0.29) is 12.5 Å². The fraction of sp³-hybridized carbons (Fsp3) is 0.385. The van der Waals surface area contributed by atoms with Crippen LogP contribution in [0.4, 0.5) is 0 Å². The van der Waals surface area contributed by atoms with E-state index in [1.54, 1.807) is 0 Å². The van der Waals surface area contributed by atoms with Crippen molar-refractivity contribution < 1.29 is 14.4 Å². The number of hydrogen-bond acceptors (Lipinski definition) is 3. The fourth-order valence-corrected chi connectivity index (χ4v) is 1.92. The lowest BCUT2D eigenvalue weighted by Crippen LogP contribution is -2.49. The molecule has 0 aliphatic carbocycles. The second kappa shape index (κ2) is 6.16. The number of carbonyl (C=O) groups excluding carboxylic acids is 2. The molecule has 5 nitrogen and oxygen atoms in total. The quantitative estimate of drug-likeness (QED) is 0.621. The van der Waals surface area contributed by atoms with Crippen LogP contribution in [0.5, 0.6) is 0 Å². The smallest absolute Gasteiger partial charge is 0.245 e. The summed E-state index contributed by atoms with van der Waals surface area (Å²) in [5, 5.41) is 3.84. The highest BCUT2D eigenvalue weighted by Gasteiger charge is 2.28. The molecule has 0 saturated carbocycles. The number of carbonyl (C=O) groups is 2. The Bertz CT molecular complexity index is 408. The standard InChI is InChI=1S/C13H16N2O3/c16-10-15(12-7-4-8-14-13(12)17)18-9-11-5-2-1-3-6-11/h1-3,5-6,10,12H,4,7-9H2,(H,14,17)/t12-/m0/s1. The highest BCUT2D eigenvalue weighted by atomic mass is 16.7. The lowest BCUT2D eigenvalue weighted by Gasteiger charge is -2.29. The summed E-state index contributed by atoms with van der Waals surface area (Å²) in [6.07, 6.45) is 2.06. The van der Waals surface area contributed by atoms with Gasteiger partial charge in [0.2, 0.25) is 12.3 Å². The molecule has 96 valence electrons. The molecule has 0 unspecified atom stereocenters. The predicted octanol–water partition coefficient (Wildman–Crippen LogP) is 0.855. The summed E-state index contributed by atoms with van der Waals surface area (Å²) in [5.41, 5.74) is 0.959. The van der Waals surface area contributed by atoms with Crippen LogP contribution in [0.15, 0.2) is 30.3 Å². The van der Waals surface area contributed by atoms with E-state index in [1.165, 1.54) is 0 Å². The molecule has 5 heteroatoms. The lowest BCUT2D eigenvalue weighted by atomic mass is 10.1. The monoisotopic (exact) mass is 248 g/mol. The van der Waals surface area contributed by atoms with Crippen molar-refractivity contribution in [2.24, 2.45) is 0 Å². The number of benzene rings is 1. The summed E-state index contributed by atoms with van der Waals surface area (Å²) in [6.45, 7) is 0.948. The Balaban J connectivity index is 1.93. The number of hydrogen-bond donors (Lipinski definition) is 1. The first-order valence-electron chi connectivity index (χ1n) is 5.99. The van der Waals surface area contributed by atoms with Gasteiger partial charge >= 0.3 is 0 Å². The van der Waals surface area contributed by atoms with Crippen LogP contribution in [0.25, 0.3) is 0 Å². The van der Waals surface area contributed by atoms with Crippen molar-refractivity contribution in [2.45, 2.75) is 25.5 Å². The van der Waals surface area contributed by atoms with Gasteiger partial charge < -0.3 is 5.32 Å². The van der Waals surface area contributed by atoms with Crippen molar-refractivity contribution in [2.75, 3.05) is 6.54 Å². The summed E-state index contributed by atoms with van der Waals surface area (Å²) < 4.78 is 0. The van der Waals surface area contributed by atoms with Crippen LogP contribution in [0.2, 0.25) is 0 Å². The zero-order valence-electron chi connectivity index (χ0n) is 10.0. The molecule has 2 rings (SSSR count). The van der Waals surface area contributed by atoms with E-state index in [9.17, 15) is 9.59 Å². The van der Waals surface area contributed by atoms with Crippen molar-refractivity contribution in [3.63, 3.8) is 0 Å². The van der Waals surface area contributed by atoms with Gasteiger partial charge in [-0.05, 0) is 18.4 Å². The van der Waals surface area contributed by atoms with E-state index in [0.29, 0.717) is 19.4 Å². The second-order valence-corrected chi connectivity index (χ2v) is 4.17. The van der Waals surface area contributed by atoms with Crippen LogP contribution in [0, 0.1) is 0 Å². The van der Waals surface area contributed by atoms with E-state index >= 15 is 0 Å². The third-order valence-corrected chi connectivity index (χ3v) is 2.89. The zero-order valence-corrected chi connectivity index (χ0v) is 10.0. The minimum Gasteiger partial charge on any atom is -0.354 e. The number of nitrogens with one attached hydrogen (secondary N) is 1. The predicted molar refractivity (Wildman–Crippen MR) is 65.2 cm³/mol. The number of rotatable bonds is 5. The molecule has 0 aromatic heterocycles. The van der Waals surface area contributed by atoms with E-state index < -0.39 is 6.04 Å². The number of amides is 2. The van der Waals surface area contributed by atoms with Crippen molar-refractivity contribution in [3.05, 3.63) is 35.9 Å². The molecule has 1 aromatic rings. The molecule has 0 spiro atoms. The molecule has 1 fully saturated rings. The van der Waals surface area contributed by atoms with E-state index in [4.69, 9.17) is 4.84 Å². The Morgan fingerprint density at radius 3 is 2.83 bits per heavy atom. The summed E-state index contributed by atoms with van der Waals surface area (Å²) in [4.78, 5) is 28.0. The second-order valence-electron chi connectivity index (χ2n) is 4.17. The topological polar surface area (TPSA) is 58.6 Å². The highest BCUT2D eigenvalue weighted by Crippen LogP contribution is 2.12. The van der Waals surface area contributed by atoms with Crippen LogP contribution < -0.4 is 5.32 Å². The van der Waals surface area contributed by atoms with E-state index in [2.05, 4.69) is 5.32 Å². The van der Waals surface area contributed by atoms with Gasteiger partial charge in [-0.1, -0.05) is 30.3 Å². The van der Waals surface area contributed by atoms with Crippen molar-refractivity contribution in [3.8, 4) is 0 Å². The van der Waals surface area contributed by atoms with Gasteiger partial charge in [-0.3, -0.25) is 14.4 Å². The van der Waals surface area contributed by atoms with Crippen molar-refractivity contribution in [1.82, 2.24) is 10.4 Å². The van der Waals surface area contributed by atoms with Crippen LogP contribution >= 0.6 is 0 Å². The molecule has 1 aliphatic rings. The molecular weight excluding hydrogens is 232 g/mol. The molecule has 1 aliphatic heterocycles. The minimum atomic E-state index is -0.514. The lowest BCUT2D eigenvalue weighted by molar-refractivity contribution is -0.197. The summed E-state index contributed by atoms with van der Waals surface area (Å²) >= 11 is 0. The van der Waals surface area contributed by atoms with Gasteiger partial charge in [0.1, 0.15) is 12.6 Å². The van der Waals surface area contributed by atoms with Crippen LogP contribution in [-0.4, -0.2) is 30.0 Å². The zero-order chi connectivity index (χ0) is 12.8. The normalized spacial score (nSPS) is 19.1. The highest BCUT2D eigenvalue weighted by molar-refractivity contribution is 5.83. The first-order valence-corrected chi connectivity index (χ1v) is 5.99. The first-order chi connectivity index (χ1) is 8.81. The molecule has 2 amide bonds. The molecule has 1 aromatic carbocycles. The Hall–Kier alpha value is -1.88. The minimum absolute atomic E-state index is 0.151. The molecule has 1 saturated heterocycles. The molecule has 1 N–H and O–H groups in total. The van der Waals surface area contributed by atoms with Crippen LogP contribution in [0.3, 0.4) is 0 Å². The maximum atomic E-state index is 11.6. The maximum Gasteiger partial charge on any atom is 0.245 e. The molecular formula is C13H16N2O3. The average molecular weight is 248 g/mol. The fourth-order valence-electron chi connectivity index (χ4n) is 1.92. The molecule has 1 heterocycles. The van der Waals surface area contributed by atoms with Gasteiger partial charge in [0.25, 0.3) is 0 Å². The van der Waals surface area contributed by atoms with Gasteiger partial charge in [0.15, 0.2) is 0 Å². The van der Waals surface area contributed by atoms with E-state index in [0.717, 1.165) is 17.0 Å². The Kier molecular flexibility index (Phi) is 4.30. The number of piperidine rings is 1. The van der Waals surface area contributed by atoms with Crippen molar-refractivity contribution >= 4 is 12.3 Å². The molecule has 1 atom stereocenters. The third-order valence-electron chi connectivity index (χ3n) is 2.89. The van der Waals surface area contributed by atoms with Gasteiger partial charge in [-0.25, -0.2) is 5.06 Å². The summed E-state index contributed by atoms with van der Waals surface area (Å²) in [7, 11) is 0. The van der Waals surface area contributed by atoms with Crippen LogP contribution in [-0.2, 0) is 21.0 Å². The van der Waals surface area contributed by atoms with Gasteiger partial charge in [0, 0.05) is 6.54 Å². The summed E-state index contributed by atoms with van der Waals surface area (Å²) in [6, 6.07) is 9.01. The number of hydroxylamine groups is 2. The molecule has 0 bridgehead atoms. The molecule has 0 radical (unpaired) electrons. The molecule has 18 heavy (non-hydrogen) atoms.